The fourth-order valence-corrected chi connectivity index (χ4v) is 3.58. The number of H-pyrrole nitrogens is 1. The van der Waals surface area contributed by atoms with Gasteiger partial charge in [-0.15, -0.1) is 5.10 Å². The Kier molecular flexibility index (Phi) is 4.23. The summed E-state index contributed by atoms with van der Waals surface area (Å²) in [6.07, 6.45) is 3.23. The number of benzene rings is 1. The number of aryl methyl sites for hydroxylation is 3. The number of aromatic nitrogens is 6. The summed E-state index contributed by atoms with van der Waals surface area (Å²) >= 11 is 0. The summed E-state index contributed by atoms with van der Waals surface area (Å²) in [5.41, 5.74) is 5.02. The predicted octanol–water partition coefficient (Wildman–Crippen LogP) is 3.61. The fraction of sp³-hybridized carbons (Fsp3) is 0.238. The smallest absolute Gasteiger partial charge is 0.226 e. The van der Waals surface area contributed by atoms with E-state index in [9.17, 15) is 0 Å². The van der Waals surface area contributed by atoms with E-state index in [1.54, 1.807) is 10.8 Å². The molecule has 0 aliphatic rings. The summed E-state index contributed by atoms with van der Waals surface area (Å²) in [6, 6.07) is 11.8. The number of hydrogen-bond donors (Lipinski definition) is 2. The number of anilines is 1. The molecule has 146 valence electrons. The van der Waals surface area contributed by atoms with E-state index in [2.05, 4.69) is 15.5 Å². The van der Waals surface area contributed by atoms with Gasteiger partial charge in [0.2, 0.25) is 5.95 Å². The molecular formula is C21H21N7O. The number of fused-ring (bicyclic) bond motifs is 3. The summed E-state index contributed by atoms with van der Waals surface area (Å²) in [7, 11) is 0. The number of para-hydroxylation sites is 1. The van der Waals surface area contributed by atoms with Crippen LogP contribution in [0.1, 0.15) is 28.5 Å². The maximum absolute atomic E-state index is 5.42. The normalized spacial score (nSPS) is 11.5. The van der Waals surface area contributed by atoms with Crippen LogP contribution in [0.4, 0.5) is 5.95 Å². The first kappa shape index (κ1) is 17.4. The standard InChI is InChI=1S/C21H21N7O/c1-13-16(14(2)26-25-13)9-10-19-24-20-17-7-3-4-8-18(17)23-21(28(20)27-19)22-12-15-6-5-11-29-15/h3-8,11H,9-10,12H2,1-2H3,(H,22,23)(H,25,26). The van der Waals surface area contributed by atoms with Crippen molar-refractivity contribution in [1.82, 2.24) is 29.8 Å². The number of furan rings is 1. The average Bonchev–Trinajstić information content (AvgIpc) is 3.46. The lowest BCUT2D eigenvalue weighted by atomic mass is 10.1. The molecule has 8 nitrogen and oxygen atoms in total. The van der Waals surface area contributed by atoms with E-state index in [0.29, 0.717) is 12.5 Å². The minimum Gasteiger partial charge on any atom is -0.467 e. The van der Waals surface area contributed by atoms with Gasteiger partial charge < -0.3 is 9.73 Å². The summed E-state index contributed by atoms with van der Waals surface area (Å²) in [6.45, 7) is 4.58. The highest BCUT2D eigenvalue weighted by Gasteiger charge is 2.15. The van der Waals surface area contributed by atoms with Crippen LogP contribution in [0.2, 0.25) is 0 Å². The summed E-state index contributed by atoms with van der Waals surface area (Å²) in [5.74, 6) is 2.26. The molecule has 1 aromatic carbocycles. The molecule has 4 aromatic heterocycles. The fourth-order valence-electron chi connectivity index (χ4n) is 3.58. The third-order valence-electron chi connectivity index (χ3n) is 5.10. The van der Waals surface area contributed by atoms with Crippen LogP contribution in [0.3, 0.4) is 0 Å². The molecule has 2 N–H and O–H groups in total. The predicted molar refractivity (Wildman–Crippen MR) is 110 cm³/mol. The van der Waals surface area contributed by atoms with E-state index in [1.165, 1.54) is 5.56 Å². The first-order valence-corrected chi connectivity index (χ1v) is 9.60. The van der Waals surface area contributed by atoms with E-state index in [0.717, 1.165) is 52.4 Å². The van der Waals surface area contributed by atoms with Crippen LogP contribution in [0.25, 0.3) is 16.6 Å². The molecular weight excluding hydrogens is 366 g/mol. The van der Waals surface area contributed by atoms with Gasteiger partial charge in [-0.25, -0.2) is 9.97 Å². The highest BCUT2D eigenvalue weighted by molar-refractivity contribution is 5.92. The molecule has 5 rings (SSSR count). The Hall–Kier alpha value is -3.68. The molecule has 0 aliphatic heterocycles. The van der Waals surface area contributed by atoms with E-state index in [4.69, 9.17) is 19.5 Å². The van der Waals surface area contributed by atoms with Gasteiger partial charge in [-0.05, 0) is 50.1 Å². The van der Waals surface area contributed by atoms with Gasteiger partial charge in [-0.2, -0.15) is 9.61 Å². The molecule has 5 aromatic rings. The molecule has 0 saturated heterocycles. The molecule has 0 unspecified atom stereocenters. The summed E-state index contributed by atoms with van der Waals surface area (Å²) in [5, 5.41) is 16.4. The van der Waals surface area contributed by atoms with Crippen LogP contribution >= 0.6 is 0 Å². The number of aromatic amines is 1. The van der Waals surface area contributed by atoms with E-state index in [-0.39, 0.29) is 0 Å². The molecule has 0 saturated carbocycles. The first-order valence-electron chi connectivity index (χ1n) is 9.60. The second-order valence-corrected chi connectivity index (χ2v) is 7.06. The molecule has 0 radical (unpaired) electrons. The second kappa shape index (κ2) is 7.05. The molecule has 0 atom stereocenters. The van der Waals surface area contributed by atoms with Gasteiger partial charge in [-0.1, -0.05) is 12.1 Å². The zero-order valence-electron chi connectivity index (χ0n) is 16.3. The number of nitrogens with one attached hydrogen (secondary N) is 2. The highest BCUT2D eigenvalue weighted by atomic mass is 16.3. The van der Waals surface area contributed by atoms with Crippen molar-refractivity contribution in [3.8, 4) is 0 Å². The molecule has 29 heavy (non-hydrogen) atoms. The second-order valence-electron chi connectivity index (χ2n) is 7.06. The zero-order chi connectivity index (χ0) is 19.8. The number of hydrogen-bond acceptors (Lipinski definition) is 6. The Morgan fingerprint density at radius 1 is 1.07 bits per heavy atom. The maximum atomic E-state index is 5.42. The minimum atomic E-state index is 0.524. The van der Waals surface area contributed by atoms with E-state index < -0.39 is 0 Å². The van der Waals surface area contributed by atoms with Crippen LogP contribution in [0.5, 0.6) is 0 Å². The van der Waals surface area contributed by atoms with Gasteiger partial charge in [0.05, 0.1) is 24.0 Å². The van der Waals surface area contributed by atoms with E-state index >= 15 is 0 Å². The van der Waals surface area contributed by atoms with E-state index in [1.807, 2.05) is 50.2 Å². The highest BCUT2D eigenvalue weighted by Crippen LogP contribution is 2.22. The van der Waals surface area contributed by atoms with Gasteiger partial charge in [-0.3, -0.25) is 5.10 Å². The maximum Gasteiger partial charge on any atom is 0.226 e. The van der Waals surface area contributed by atoms with Gasteiger partial charge >= 0.3 is 0 Å². The lowest BCUT2D eigenvalue weighted by Crippen LogP contribution is -2.07. The summed E-state index contributed by atoms with van der Waals surface area (Å²) < 4.78 is 7.21. The SMILES string of the molecule is Cc1n[nH]c(C)c1CCc1nc2c3ccccc3nc(NCc3ccco3)n2n1. The van der Waals surface area contributed by atoms with Crippen LogP contribution in [0.15, 0.2) is 47.1 Å². The Labute approximate surface area is 167 Å². The van der Waals surface area contributed by atoms with Crippen LogP contribution < -0.4 is 5.32 Å². The quantitative estimate of drug-likeness (QED) is 0.462. The van der Waals surface area contributed by atoms with Gasteiger partial charge in [0.1, 0.15) is 5.76 Å². The minimum absolute atomic E-state index is 0.524. The van der Waals surface area contributed by atoms with Crippen LogP contribution in [-0.2, 0) is 19.4 Å². The van der Waals surface area contributed by atoms with Crippen molar-refractivity contribution in [2.75, 3.05) is 5.32 Å². The third kappa shape index (κ3) is 3.22. The zero-order valence-corrected chi connectivity index (χ0v) is 16.3. The number of nitrogens with zero attached hydrogens (tertiary/aromatic N) is 5. The molecule has 0 bridgehead atoms. The van der Waals surface area contributed by atoms with Crippen molar-refractivity contribution in [3.63, 3.8) is 0 Å². The van der Waals surface area contributed by atoms with Gasteiger partial charge in [0.25, 0.3) is 0 Å². The first-order chi connectivity index (χ1) is 14.2. The lowest BCUT2D eigenvalue weighted by Gasteiger charge is -2.07. The van der Waals surface area contributed by atoms with Crippen molar-refractivity contribution >= 4 is 22.5 Å². The Morgan fingerprint density at radius 2 is 1.97 bits per heavy atom. The topological polar surface area (TPSA) is 96.9 Å². The molecule has 4 heterocycles. The van der Waals surface area contributed by atoms with Gasteiger partial charge in [0, 0.05) is 17.5 Å². The van der Waals surface area contributed by atoms with Crippen LogP contribution in [-0.4, -0.2) is 29.8 Å². The molecule has 0 aliphatic carbocycles. The van der Waals surface area contributed by atoms with Crippen molar-refractivity contribution in [3.05, 3.63) is 71.2 Å². The Morgan fingerprint density at radius 3 is 2.76 bits per heavy atom. The summed E-state index contributed by atoms with van der Waals surface area (Å²) in [4.78, 5) is 9.57. The molecule has 0 fully saturated rings. The largest absolute Gasteiger partial charge is 0.467 e. The van der Waals surface area contributed by atoms with Crippen molar-refractivity contribution < 1.29 is 4.42 Å². The third-order valence-corrected chi connectivity index (χ3v) is 5.10. The monoisotopic (exact) mass is 387 g/mol. The average molecular weight is 387 g/mol. The van der Waals surface area contributed by atoms with Gasteiger partial charge in [0.15, 0.2) is 11.5 Å². The number of rotatable bonds is 6. The molecule has 0 spiro atoms. The van der Waals surface area contributed by atoms with Crippen molar-refractivity contribution in [2.24, 2.45) is 0 Å². The lowest BCUT2D eigenvalue weighted by molar-refractivity contribution is 0.517. The Bertz CT molecular complexity index is 1260. The molecule has 0 amide bonds. The Balaban J connectivity index is 1.51. The molecule has 8 heteroatoms. The van der Waals surface area contributed by atoms with Crippen molar-refractivity contribution in [1.29, 1.82) is 0 Å². The van der Waals surface area contributed by atoms with Crippen molar-refractivity contribution in [2.45, 2.75) is 33.2 Å². The van der Waals surface area contributed by atoms with Crippen LogP contribution in [0, 0.1) is 13.8 Å².